The van der Waals surface area contributed by atoms with E-state index < -0.39 is 4.92 Å². The van der Waals surface area contributed by atoms with Crippen LogP contribution in [0, 0.1) is 17.0 Å². The predicted molar refractivity (Wildman–Crippen MR) is 110 cm³/mol. The molecule has 8 heteroatoms. The summed E-state index contributed by atoms with van der Waals surface area (Å²) in [7, 11) is 1.68. The molecule has 144 valence electrons. The number of non-ortho nitro benzene ring substituents is 1. The minimum Gasteiger partial charge on any atom is -0.335 e. The molecule has 1 aromatic heterocycles. The molecule has 1 unspecified atom stereocenters. The van der Waals surface area contributed by atoms with E-state index in [2.05, 4.69) is 21.0 Å². The largest absolute Gasteiger partial charge is 0.335 e. The number of nitro benzene ring substituents is 1. The number of hydrogen-bond donors (Lipinski definition) is 0. The predicted octanol–water partition coefficient (Wildman–Crippen LogP) is 4.68. The Labute approximate surface area is 170 Å². The molecule has 1 amide bonds. The third-order valence-corrected chi connectivity index (χ3v) is 5.30. The Morgan fingerprint density at radius 1 is 1.25 bits per heavy atom. The molecule has 0 aliphatic rings. The van der Waals surface area contributed by atoms with Crippen molar-refractivity contribution in [1.82, 2.24) is 14.7 Å². The first-order valence-corrected chi connectivity index (χ1v) is 9.41. The molecule has 1 atom stereocenters. The Bertz CT molecular complexity index is 1030. The van der Waals surface area contributed by atoms with E-state index in [0.717, 1.165) is 15.9 Å². The molecule has 3 rings (SSSR count). The normalized spacial score (nSPS) is 11.9. The molecule has 0 N–H and O–H groups in total. The highest BCUT2D eigenvalue weighted by Gasteiger charge is 2.24. The summed E-state index contributed by atoms with van der Waals surface area (Å²) in [6.07, 6.45) is 1.55. The zero-order valence-electron chi connectivity index (χ0n) is 15.7. The number of carbonyl (C=O) groups is 1. The van der Waals surface area contributed by atoms with Crippen LogP contribution in [0.4, 0.5) is 5.69 Å². The van der Waals surface area contributed by atoms with Gasteiger partial charge in [-0.05, 0) is 43.7 Å². The third kappa shape index (κ3) is 3.82. The molecule has 0 fully saturated rings. The average Bonchev–Trinajstić information content (AvgIpc) is 3.08. The lowest BCUT2D eigenvalue weighted by Gasteiger charge is -2.25. The summed E-state index contributed by atoms with van der Waals surface area (Å²) in [4.78, 5) is 25.2. The summed E-state index contributed by atoms with van der Waals surface area (Å²) in [5, 5.41) is 15.4. The summed E-state index contributed by atoms with van der Waals surface area (Å²) >= 11 is 3.40. The standard InChI is InChI=1S/C20H19BrN4O3/c1-13(15-5-4-6-18(11-15)25(27)28)23(3)20(26)19-12-22-24(14(19)2)17-9-7-16(21)8-10-17/h4-13H,1-3H3. The summed E-state index contributed by atoms with van der Waals surface area (Å²) in [5.41, 5.74) is 2.77. The molecular formula is C20H19BrN4O3. The molecule has 0 saturated heterocycles. The van der Waals surface area contributed by atoms with Gasteiger partial charge in [0.2, 0.25) is 0 Å². The van der Waals surface area contributed by atoms with Crippen molar-refractivity contribution in [3.05, 3.63) is 86.1 Å². The van der Waals surface area contributed by atoms with Crippen molar-refractivity contribution >= 4 is 27.5 Å². The molecule has 0 aliphatic heterocycles. The van der Waals surface area contributed by atoms with Crippen molar-refractivity contribution in [3.63, 3.8) is 0 Å². The van der Waals surface area contributed by atoms with Gasteiger partial charge in [0.15, 0.2) is 0 Å². The smallest absolute Gasteiger partial charge is 0.269 e. The van der Waals surface area contributed by atoms with Crippen molar-refractivity contribution in [2.75, 3.05) is 7.05 Å². The molecule has 0 saturated carbocycles. The Hall–Kier alpha value is -3.00. The van der Waals surface area contributed by atoms with Gasteiger partial charge in [-0.3, -0.25) is 14.9 Å². The van der Waals surface area contributed by atoms with Crippen LogP contribution in [-0.2, 0) is 0 Å². The topological polar surface area (TPSA) is 81.3 Å². The second-order valence-electron chi connectivity index (χ2n) is 6.48. The van der Waals surface area contributed by atoms with E-state index in [1.54, 1.807) is 35.0 Å². The van der Waals surface area contributed by atoms with Crippen LogP contribution in [0.3, 0.4) is 0 Å². The number of nitrogens with zero attached hydrogens (tertiary/aromatic N) is 4. The molecule has 1 heterocycles. The van der Waals surface area contributed by atoms with Crippen LogP contribution in [0.15, 0.2) is 59.2 Å². The van der Waals surface area contributed by atoms with Crippen LogP contribution in [0.2, 0.25) is 0 Å². The molecule has 7 nitrogen and oxygen atoms in total. The highest BCUT2D eigenvalue weighted by atomic mass is 79.9. The number of rotatable bonds is 5. The van der Waals surface area contributed by atoms with E-state index in [1.807, 2.05) is 38.1 Å². The van der Waals surface area contributed by atoms with Crippen molar-refractivity contribution in [1.29, 1.82) is 0 Å². The molecule has 3 aromatic rings. The van der Waals surface area contributed by atoms with E-state index >= 15 is 0 Å². The first-order valence-electron chi connectivity index (χ1n) is 8.61. The lowest BCUT2D eigenvalue weighted by molar-refractivity contribution is -0.384. The van der Waals surface area contributed by atoms with Gasteiger partial charge in [-0.25, -0.2) is 4.68 Å². The van der Waals surface area contributed by atoms with Crippen LogP contribution >= 0.6 is 15.9 Å². The highest BCUT2D eigenvalue weighted by molar-refractivity contribution is 9.10. The van der Waals surface area contributed by atoms with Gasteiger partial charge in [-0.15, -0.1) is 0 Å². The Kier molecular flexibility index (Phi) is 5.60. The van der Waals surface area contributed by atoms with Gasteiger partial charge >= 0.3 is 0 Å². The Balaban J connectivity index is 1.86. The summed E-state index contributed by atoms with van der Waals surface area (Å²) < 4.78 is 2.67. The van der Waals surface area contributed by atoms with Crippen LogP contribution in [0.25, 0.3) is 5.69 Å². The van der Waals surface area contributed by atoms with Gasteiger partial charge in [-0.2, -0.15) is 5.10 Å². The number of hydrogen-bond acceptors (Lipinski definition) is 4. The molecule has 0 bridgehead atoms. The monoisotopic (exact) mass is 442 g/mol. The summed E-state index contributed by atoms with van der Waals surface area (Å²) in [6.45, 7) is 3.68. The van der Waals surface area contributed by atoms with Crippen LogP contribution < -0.4 is 0 Å². The van der Waals surface area contributed by atoms with Crippen LogP contribution in [0.5, 0.6) is 0 Å². The zero-order chi connectivity index (χ0) is 20.4. The average molecular weight is 443 g/mol. The number of halogens is 1. The van der Waals surface area contributed by atoms with Gasteiger partial charge in [0.1, 0.15) is 0 Å². The minimum absolute atomic E-state index is 0.00411. The molecule has 0 spiro atoms. The maximum Gasteiger partial charge on any atom is 0.269 e. The van der Waals surface area contributed by atoms with Crippen molar-refractivity contribution < 1.29 is 9.72 Å². The van der Waals surface area contributed by atoms with Crippen LogP contribution in [0.1, 0.15) is 34.6 Å². The molecular weight excluding hydrogens is 424 g/mol. The number of carbonyl (C=O) groups excluding carboxylic acids is 1. The number of nitro groups is 1. The van der Waals surface area contributed by atoms with Gasteiger partial charge in [0, 0.05) is 23.7 Å². The van der Waals surface area contributed by atoms with Gasteiger partial charge in [0.25, 0.3) is 11.6 Å². The molecule has 0 radical (unpaired) electrons. The Morgan fingerprint density at radius 2 is 1.93 bits per heavy atom. The lowest BCUT2D eigenvalue weighted by Crippen LogP contribution is -2.30. The Morgan fingerprint density at radius 3 is 2.57 bits per heavy atom. The number of amides is 1. The maximum absolute atomic E-state index is 13.0. The van der Waals surface area contributed by atoms with E-state index in [4.69, 9.17) is 0 Å². The first kappa shape index (κ1) is 19.8. The number of benzene rings is 2. The second-order valence-corrected chi connectivity index (χ2v) is 7.39. The lowest BCUT2D eigenvalue weighted by atomic mass is 10.1. The SMILES string of the molecule is Cc1c(C(=O)N(C)C(C)c2cccc([N+](=O)[O-])c2)cnn1-c1ccc(Br)cc1. The van der Waals surface area contributed by atoms with Crippen molar-refractivity contribution in [2.45, 2.75) is 19.9 Å². The van der Waals surface area contributed by atoms with Gasteiger partial charge in [0.05, 0.1) is 34.1 Å². The molecule has 28 heavy (non-hydrogen) atoms. The quantitative estimate of drug-likeness (QED) is 0.424. The fraction of sp³-hybridized carbons (Fsp3) is 0.200. The van der Waals surface area contributed by atoms with Crippen molar-refractivity contribution in [2.24, 2.45) is 0 Å². The van der Waals surface area contributed by atoms with Crippen LogP contribution in [-0.4, -0.2) is 32.6 Å². The fourth-order valence-electron chi connectivity index (χ4n) is 2.95. The maximum atomic E-state index is 13.0. The zero-order valence-corrected chi connectivity index (χ0v) is 17.3. The highest BCUT2D eigenvalue weighted by Crippen LogP contribution is 2.25. The van der Waals surface area contributed by atoms with E-state index in [0.29, 0.717) is 11.1 Å². The third-order valence-electron chi connectivity index (χ3n) is 4.78. The summed E-state index contributed by atoms with van der Waals surface area (Å²) in [6, 6.07) is 13.6. The minimum atomic E-state index is -0.440. The van der Waals surface area contributed by atoms with E-state index in [1.165, 1.54) is 12.1 Å². The second kappa shape index (κ2) is 7.93. The molecule has 0 aliphatic carbocycles. The fourth-order valence-corrected chi connectivity index (χ4v) is 3.21. The number of aromatic nitrogens is 2. The van der Waals surface area contributed by atoms with E-state index in [9.17, 15) is 14.9 Å². The first-order chi connectivity index (χ1) is 13.3. The van der Waals surface area contributed by atoms with Gasteiger partial charge < -0.3 is 4.90 Å². The van der Waals surface area contributed by atoms with E-state index in [-0.39, 0.29) is 17.6 Å². The molecule has 2 aromatic carbocycles. The van der Waals surface area contributed by atoms with Gasteiger partial charge in [-0.1, -0.05) is 28.1 Å². The van der Waals surface area contributed by atoms with Crippen molar-refractivity contribution in [3.8, 4) is 5.69 Å². The summed E-state index contributed by atoms with van der Waals surface area (Å²) in [5.74, 6) is -0.195.